The normalized spacial score (nSPS) is 20.3. The smallest absolute Gasteiger partial charge is 0.249 e. The number of carbonyl (C=O) groups excluding carboxylic acids is 1. The minimum absolute atomic E-state index is 0.0909. The number of aromatic nitrogens is 4. The van der Waals surface area contributed by atoms with Gasteiger partial charge in [0.1, 0.15) is 0 Å². The molecule has 1 aromatic carbocycles. The number of amides is 1. The van der Waals surface area contributed by atoms with Crippen LogP contribution in [0.3, 0.4) is 0 Å². The molecular formula is C20H26ClN5O2. The molecule has 1 atom stereocenters. The summed E-state index contributed by atoms with van der Waals surface area (Å²) in [4.78, 5) is 16.8. The van der Waals surface area contributed by atoms with Crippen LogP contribution in [0.15, 0.2) is 24.3 Å². The molecule has 0 saturated carbocycles. The molecule has 150 valence electrons. The van der Waals surface area contributed by atoms with Gasteiger partial charge in [0.25, 0.3) is 0 Å². The van der Waals surface area contributed by atoms with Crippen molar-refractivity contribution in [1.29, 1.82) is 0 Å². The number of tetrazole rings is 1. The second kappa shape index (κ2) is 8.17. The molecule has 28 heavy (non-hydrogen) atoms. The molecule has 1 amide bonds. The Morgan fingerprint density at radius 1 is 1.25 bits per heavy atom. The van der Waals surface area contributed by atoms with E-state index in [0.717, 1.165) is 51.1 Å². The number of likely N-dealkylation sites (tertiary alicyclic amines) is 1. The first kappa shape index (κ1) is 19.3. The van der Waals surface area contributed by atoms with Crippen molar-refractivity contribution in [3.8, 4) is 11.4 Å². The van der Waals surface area contributed by atoms with Crippen LogP contribution in [0.1, 0.15) is 45.1 Å². The largest absolute Gasteiger partial charge is 0.381 e. The van der Waals surface area contributed by atoms with E-state index in [2.05, 4.69) is 15.4 Å². The number of ether oxygens (including phenoxy) is 1. The lowest BCUT2D eigenvalue weighted by molar-refractivity contribution is -0.141. The number of halogens is 1. The van der Waals surface area contributed by atoms with Gasteiger partial charge in [-0.25, -0.2) is 0 Å². The third-order valence-electron chi connectivity index (χ3n) is 6.01. The van der Waals surface area contributed by atoms with E-state index < -0.39 is 6.04 Å². The molecule has 1 spiro atoms. The number of nitrogens with zero attached hydrogens (tertiary/aromatic N) is 5. The summed E-state index contributed by atoms with van der Waals surface area (Å²) >= 11 is 5.95. The zero-order chi connectivity index (χ0) is 19.6. The van der Waals surface area contributed by atoms with Gasteiger partial charge in [-0.2, -0.15) is 4.80 Å². The summed E-state index contributed by atoms with van der Waals surface area (Å²) in [5.74, 6) is 0.593. The van der Waals surface area contributed by atoms with E-state index in [1.54, 1.807) is 12.1 Å². The zero-order valence-electron chi connectivity index (χ0n) is 16.2. The maximum Gasteiger partial charge on any atom is 0.249 e. The molecule has 0 bridgehead atoms. The van der Waals surface area contributed by atoms with Crippen molar-refractivity contribution in [2.75, 3.05) is 26.3 Å². The fourth-order valence-corrected chi connectivity index (χ4v) is 4.45. The van der Waals surface area contributed by atoms with Crippen molar-refractivity contribution in [3.63, 3.8) is 0 Å². The lowest BCUT2D eigenvalue weighted by Crippen LogP contribution is -2.50. The highest BCUT2D eigenvalue weighted by Gasteiger charge is 2.40. The van der Waals surface area contributed by atoms with Crippen molar-refractivity contribution < 1.29 is 9.53 Å². The summed E-state index contributed by atoms with van der Waals surface area (Å²) in [6, 6.07) is 6.86. The van der Waals surface area contributed by atoms with Gasteiger partial charge in [0.2, 0.25) is 11.7 Å². The van der Waals surface area contributed by atoms with Crippen LogP contribution < -0.4 is 0 Å². The maximum atomic E-state index is 13.3. The van der Waals surface area contributed by atoms with Crippen molar-refractivity contribution >= 4 is 17.5 Å². The second-order valence-corrected chi connectivity index (χ2v) is 8.28. The van der Waals surface area contributed by atoms with Gasteiger partial charge in [-0.1, -0.05) is 18.5 Å². The standard InChI is InChI=1S/C20H26ClN5O2/c1-2-17(26-23-18(22-24-26)15-4-6-16(21)7-5-15)19(27)25-11-3-8-20(14-25)9-12-28-13-10-20/h4-7,17H,2-3,8-14H2,1H3. The predicted octanol–water partition coefficient (Wildman–Crippen LogP) is 3.36. The van der Waals surface area contributed by atoms with Gasteiger partial charge < -0.3 is 9.64 Å². The van der Waals surface area contributed by atoms with Crippen LogP contribution in [0.2, 0.25) is 5.02 Å². The lowest BCUT2D eigenvalue weighted by Gasteiger charge is -2.45. The van der Waals surface area contributed by atoms with Gasteiger partial charge in [-0.05, 0) is 67.0 Å². The first-order valence-electron chi connectivity index (χ1n) is 10.0. The van der Waals surface area contributed by atoms with E-state index in [0.29, 0.717) is 17.3 Å². The topological polar surface area (TPSA) is 73.1 Å². The summed E-state index contributed by atoms with van der Waals surface area (Å²) in [5.41, 5.74) is 1.05. The minimum atomic E-state index is -0.427. The molecule has 2 saturated heterocycles. The minimum Gasteiger partial charge on any atom is -0.381 e. The van der Waals surface area contributed by atoms with Crippen LogP contribution in [0, 0.1) is 5.41 Å². The summed E-state index contributed by atoms with van der Waals surface area (Å²) in [6.45, 7) is 5.20. The Balaban J connectivity index is 1.50. The highest BCUT2D eigenvalue weighted by atomic mass is 35.5. The van der Waals surface area contributed by atoms with Crippen LogP contribution in [0.5, 0.6) is 0 Å². The molecule has 0 radical (unpaired) electrons. The van der Waals surface area contributed by atoms with E-state index >= 15 is 0 Å². The Morgan fingerprint density at radius 3 is 2.71 bits per heavy atom. The number of benzene rings is 1. The van der Waals surface area contributed by atoms with Crippen molar-refractivity contribution in [3.05, 3.63) is 29.3 Å². The molecule has 0 N–H and O–H groups in total. The highest BCUT2D eigenvalue weighted by Crippen LogP contribution is 2.39. The van der Waals surface area contributed by atoms with Crippen molar-refractivity contribution in [1.82, 2.24) is 25.1 Å². The molecule has 7 nitrogen and oxygen atoms in total. The maximum absolute atomic E-state index is 13.3. The third-order valence-corrected chi connectivity index (χ3v) is 6.26. The number of carbonyl (C=O) groups is 1. The second-order valence-electron chi connectivity index (χ2n) is 7.84. The molecule has 2 aliphatic heterocycles. The molecule has 2 aromatic rings. The van der Waals surface area contributed by atoms with Crippen LogP contribution >= 0.6 is 11.6 Å². The van der Waals surface area contributed by atoms with E-state index in [1.165, 1.54) is 11.2 Å². The van der Waals surface area contributed by atoms with Crippen LogP contribution in [-0.4, -0.2) is 57.3 Å². The lowest BCUT2D eigenvalue weighted by atomic mass is 9.74. The fraction of sp³-hybridized carbons (Fsp3) is 0.600. The molecule has 2 fully saturated rings. The Morgan fingerprint density at radius 2 is 2.00 bits per heavy atom. The molecule has 1 aromatic heterocycles. The van der Waals surface area contributed by atoms with Crippen LogP contribution in [0.4, 0.5) is 0 Å². The number of rotatable bonds is 4. The molecule has 4 rings (SSSR count). The summed E-state index contributed by atoms with van der Waals surface area (Å²) in [6.07, 6.45) is 4.93. The van der Waals surface area contributed by atoms with Gasteiger partial charge in [-0.3, -0.25) is 4.79 Å². The molecule has 0 aliphatic carbocycles. The Labute approximate surface area is 170 Å². The zero-order valence-corrected chi connectivity index (χ0v) is 16.9. The van der Waals surface area contributed by atoms with Gasteiger partial charge in [0.05, 0.1) is 0 Å². The Bertz CT molecular complexity index is 811. The van der Waals surface area contributed by atoms with Crippen LogP contribution in [-0.2, 0) is 9.53 Å². The third kappa shape index (κ3) is 3.91. The average molecular weight is 404 g/mol. The highest BCUT2D eigenvalue weighted by molar-refractivity contribution is 6.30. The molecular weight excluding hydrogens is 378 g/mol. The first-order chi connectivity index (χ1) is 13.6. The van der Waals surface area contributed by atoms with Gasteiger partial charge in [0.15, 0.2) is 6.04 Å². The average Bonchev–Trinajstić information content (AvgIpc) is 3.19. The van der Waals surface area contributed by atoms with E-state index in [-0.39, 0.29) is 11.3 Å². The van der Waals surface area contributed by atoms with Gasteiger partial charge in [-0.15, -0.1) is 10.2 Å². The molecule has 1 unspecified atom stereocenters. The fourth-order valence-electron chi connectivity index (χ4n) is 4.33. The van der Waals surface area contributed by atoms with E-state index in [1.807, 2.05) is 24.0 Å². The first-order valence-corrected chi connectivity index (χ1v) is 10.4. The van der Waals surface area contributed by atoms with E-state index in [9.17, 15) is 4.79 Å². The van der Waals surface area contributed by atoms with Gasteiger partial charge in [0, 0.05) is 36.9 Å². The van der Waals surface area contributed by atoms with E-state index in [4.69, 9.17) is 16.3 Å². The monoisotopic (exact) mass is 403 g/mol. The number of hydrogen-bond donors (Lipinski definition) is 0. The summed E-state index contributed by atoms with van der Waals surface area (Å²) in [5, 5.41) is 13.5. The number of piperidine rings is 1. The molecule has 8 heteroatoms. The van der Waals surface area contributed by atoms with Gasteiger partial charge >= 0.3 is 0 Å². The SMILES string of the molecule is CCC(C(=O)N1CCCC2(CCOCC2)C1)n1nnc(-c2ccc(Cl)cc2)n1. The predicted molar refractivity (Wildman–Crippen MR) is 106 cm³/mol. The molecule has 3 heterocycles. The number of hydrogen-bond acceptors (Lipinski definition) is 5. The summed E-state index contributed by atoms with van der Waals surface area (Å²) in [7, 11) is 0. The summed E-state index contributed by atoms with van der Waals surface area (Å²) < 4.78 is 5.54. The van der Waals surface area contributed by atoms with Crippen molar-refractivity contribution in [2.45, 2.75) is 45.1 Å². The molecule has 2 aliphatic rings. The van der Waals surface area contributed by atoms with Crippen LogP contribution in [0.25, 0.3) is 11.4 Å². The Hall–Kier alpha value is -1.99. The van der Waals surface area contributed by atoms with Crippen molar-refractivity contribution in [2.24, 2.45) is 5.41 Å². The Kier molecular flexibility index (Phi) is 5.64. The quantitative estimate of drug-likeness (QED) is 0.782.